The molecule has 0 unspecified atom stereocenters. The number of aromatic nitrogens is 4. The van der Waals surface area contributed by atoms with Crippen molar-refractivity contribution in [2.24, 2.45) is 0 Å². The fourth-order valence-electron chi connectivity index (χ4n) is 1.86. The molecule has 3 aromatic rings. The zero-order chi connectivity index (χ0) is 13.9. The van der Waals surface area contributed by atoms with E-state index in [0.29, 0.717) is 18.1 Å². The number of aliphatic hydroxyl groups is 1. The smallest absolute Gasteiger partial charge is 0.226 e. The third kappa shape index (κ3) is 2.60. The molecule has 6 heteroatoms. The van der Waals surface area contributed by atoms with E-state index in [-0.39, 0.29) is 6.61 Å². The minimum absolute atomic E-state index is 0.118. The van der Waals surface area contributed by atoms with Gasteiger partial charge in [0.2, 0.25) is 5.89 Å². The summed E-state index contributed by atoms with van der Waals surface area (Å²) in [5, 5.41) is 16.7. The van der Waals surface area contributed by atoms with E-state index in [1.54, 1.807) is 17.1 Å². The first-order valence-corrected chi connectivity index (χ1v) is 6.26. The Hall–Kier alpha value is -2.47. The average Bonchev–Trinajstić information content (AvgIpc) is 3.09. The summed E-state index contributed by atoms with van der Waals surface area (Å²) < 4.78 is 7.09. The number of hydrogen-bond acceptors (Lipinski definition) is 5. The van der Waals surface area contributed by atoms with E-state index in [0.717, 1.165) is 11.3 Å². The molecule has 0 radical (unpaired) electrons. The number of hydrogen-bond donors (Lipinski definition) is 1. The van der Waals surface area contributed by atoms with Crippen LogP contribution in [0.1, 0.15) is 17.0 Å². The van der Waals surface area contributed by atoms with Crippen LogP contribution in [-0.4, -0.2) is 25.1 Å². The average molecular weight is 270 g/mol. The van der Waals surface area contributed by atoms with Gasteiger partial charge in [0.15, 0.2) is 0 Å². The van der Waals surface area contributed by atoms with Crippen LogP contribution in [0.15, 0.2) is 41.1 Å². The highest BCUT2D eigenvalue weighted by atomic mass is 16.3. The number of aryl methyl sites for hydroxylation is 1. The Kier molecular flexibility index (Phi) is 3.30. The third-order valence-corrected chi connectivity index (χ3v) is 2.92. The predicted octanol–water partition coefficient (Wildman–Crippen LogP) is 1.78. The minimum atomic E-state index is -0.118. The molecule has 0 aliphatic carbocycles. The highest BCUT2D eigenvalue weighted by molar-refractivity contribution is 5.53. The van der Waals surface area contributed by atoms with Crippen LogP contribution in [0.5, 0.6) is 0 Å². The lowest BCUT2D eigenvalue weighted by Crippen LogP contribution is -2.00. The Bertz CT molecular complexity index is 700. The first-order valence-electron chi connectivity index (χ1n) is 6.26. The molecule has 3 rings (SSSR count). The molecule has 20 heavy (non-hydrogen) atoms. The molecule has 1 N–H and O–H groups in total. The van der Waals surface area contributed by atoms with E-state index in [9.17, 15) is 0 Å². The van der Waals surface area contributed by atoms with Crippen LogP contribution >= 0.6 is 0 Å². The van der Waals surface area contributed by atoms with Gasteiger partial charge in [-0.1, -0.05) is 22.9 Å². The van der Waals surface area contributed by atoms with Gasteiger partial charge in [-0.25, -0.2) is 9.67 Å². The standard InChI is InChI=1S/C14H14N4O2/c1-10-2-4-11(5-3-10)14-15-13(9-20-14)7-18-6-12(8-19)16-17-18/h2-6,9,19H,7-8H2,1H3. The van der Waals surface area contributed by atoms with Crippen molar-refractivity contribution in [3.05, 3.63) is 53.7 Å². The molecule has 0 amide bonds. The second-order valence-electron chi connectivity index (χ2n) is 4.58. The normalized spacial score (nSPS) is 10.9. The number of benzene rings is 1. The van der Waals surface area contributed by atoms with Crippen molar-refractivity contribution < 1.29 is 9.52 Å². The van der Waals surface area contributed by atoms with Crippen molar-refractivity contribution in [3.8, 4) is 11.5 Å². The van der Waals surface area contributed by atoms with Crippen LogP contribution in [0.2, 0.25) is 0 Å². The quantitative estimate of drug-likeness (QED) is 0.782. The number of oxazole rings is 1. The lowest BCUT2D eigenvalue weighted by atomic mass is 10.1. The van der Waals surface area contributed by atoms with E-state index < -0.39 is 0 Å². The van der Waals surface area contributed by atoms with Crippen LogP contribution in [0.4, 0.5) is 0 Å². The molecule has 0 bridgehead atoms. The van der Waals surface area contributed by atoms with E-state index in [1.165, 1.54) is 5.56 Å². The largest absolute Gasteiger partial charge is 0.444 e. The summed E-state index contributed by atoms with van der Waals surface area (Å²) in [5.41, 5.74) is 3.43. The Balaban J connectivity index is 1.78. The second kappa shape index (κ2) is 5.26. The molecule has 0 saturated carbocycles. The predicted molar refractivity (Wildman–Crippen MR) is 71.7 cm³/mol. The van der Waals surface area contributed by atoms with Crippen molar-refractivity contribution in [2.45, 2.75) is 20.1 Å². The van der Waals surface area contributed by atoms with Crippen molar-refractivity contribution in [3.63, 3.8) is 0 Å². The fourth-order valence-corrected chi connectivity index (χ4v) is 1.86. The monoisotopic (exact) mass is 270 g/mol. The molecule has 2 heterocycles. The summed E-state index contributed by atoms with van der Waals surface area (Å²) in [6.45, 7) is 2.38. The second-order valence-corrected chi connectivity index (χ2v) is 4.58. The fraction of sp³-hybridized carbons (Fsp3) is 0.214. The molecule has 2 aromatic heterocycles. The zero-order valence-corrected chi connectivity index (χ0v) is 11.0. The molecule has 102 valence electrons. The lowest BCUT2D eigenvalue weighted by molar-refractivity contribution is 0.276. The highest BCUT2D eigenvalue weighted by Gasteiger charge is 2.08. The molecule has 0 atom stereocenters. The number of aliphatic hydroxyl groups excluding tert-OH is 1. The molecule has 0 spiro atoms. The molecule has 0 aliphatic heterocycles. The van der Waals surface area contributed by atoms with Crippen LogP contribution < -0.4 is 0 Å². The Labute approximate surface area is 115 Å². The molecule has 0 fully saturated rings. The highest BCUT2D eigenvalue weighted by Crippen LogP contribution is 2.19. The van der Waals surface area contributed by atoms with Gasteiger partial charge in [-0.2, -0.15) is 0 Å². The van der Waals surface area contributed by atoms with Crippen LogP contribution in [-0.2, 0) is 13.2 Å². The first kappa shape index (κ1) is 12.6. The SMILES string of the molecule is Cc1ccc(-c2nc(Cn3cc(CO)nn3)co2)cc1. The summed E-state index contributed by atoms with van der Waals surface area (Å²) in [5.74, 6) is 0.586. The zero-order valence-electron chi connectivity index (χ0n) is 11.0. The molecule has 0 saturated heterocycles. The first-order chi connectivity index (χ1) is 9.74. The maximum absolute atomic E-state index is 8.94. The maximum atomic E-state index is 8.94. The van der Waals surface area contributed by atoms with Gasteiger partial charge in [0, 0.05) is 5.56 Å². The van der Waals surface area contributed by atoms with Crippen molar-refractivity contribution in [1.82, 2.24) is 20.0 Å². The van der Waals surface area contributed by atoms with E-state index in [4.69, 9.17) is 9.52 Å². The lowest BCUT2D eigenvalue weighted by Gasteiger charge is -1.96. The van der Waals surface area contributed by atoms with Gasteiger partial charge < -0.3 is 9.52 Å². The Morgan fingerprint density at radius 1 is 1.20 bits per heavy atom. The van der Waals surface area contributed by atoms with Gasteiger partial charge >= 0.3 is 0 Å². The Morgan fingerprint density at radius 2 is 2.00 bits per heavy atom. The summed E-state index contributed by atoms with van der Waals surface area (Å²) >= 11 is 0. The van der Waals surface area contributed by atoms with Gasteiger partial charge in [0.05, 0.1) is 19.3 Å². The van der Waals surface area contributed by atoms with E-state index in [1.807, 2.05) is 31.2 Å². The molecule has 0 aliphatic rings. The van der Waals surface area contributed by atoms with Crippen molar-refractivity contribution >= 4 is 0 Å². The van der Waals surface area contributed by atoms with E-state index in [2.05, 4.69) is 15.3 Å². The topological polar surface area (TPSA) is 77.0 Å². The van der Waals surface area contributed by atoms with Crippen molar-refractivity contribution in [1.29, 1.82) is 0 Å². The van der Waals surface area contributed by atoms with Crippen LogP contribution in [0, 0.1) is 6.92 Å². The maximum Gasteiger partial charge on any atom is 0.226 e. The molecular weight excluding hydrogens is 256 g/mol. The van der Waals surface area contributed by atoms with Crippen LogP contribution in [0.25, 0.3) is 11.5 Å². The van der Waals surface area contributed by atoms with Crippen molar-refractivity contribution in [2.75, 3.05) is 0 Å². The molecule has 1 aromatic carbocycles. The van der Waals surface area contributed by atoms with Crippen LogP contribution in [0.3, 0.4) is 0 Å². The summed E-state index contributed by atoms with van der Waals surface area (Å²) in [6, 6.07) is 7.99. The van der Waals surface area contributed by atoms with Gasteiger partial charge in [-0.15, -0.1) is 5.10 Å². The molecular formula is C14H14N4O2. The summed E-state index contributed by atoms with van der Waals surface area (Å²) in [6.07, 6.45) is 3.29. The number of rotatable bonds is 4. The Morgan fingerprint density at radius 3 is 2.70 bits per heavy atom. The van der Waals surface area contributed by atoms with Gasteiger partial charge in [0.1, 0.15) is 17.7 Å². The summed E-state index contributed by atoms with van der Waals surface area (Å²) in [7, 11) is 0. The van der Waals surface area contributed by atoms with E-state index >= 15 is 0 Å². The van der Waals surface area contributed by atoms with Gasteiger partial charge in [0.25, 0.3) is 0 Å². The van der Waals surface area contributed by atoms with Gasteiger partial charge in [-0.05, 0) is 19.1 Å². The third-order valence-electron chi connectivity index (χ3n) is 2.92. The minimum Gasteiger partial charge on any atom is -0.444 e. The van der Waals surface area contributed by atoms with Gasteiger partial charge in [-0.3, -0.25) is 0 Å². The molecule has 6 nitrogen and oxygen atoms in total. The summed E-state index contributed by atoms with van der Waals surface area (Å²) in [4.78, 5) is 4.42. The number of nitrogens with zero attached hydrogens (tertiary/aromatic N) is 4.